The monoisotopic (exact) mass is 334 g/mol. The number of aliphatic hydroxyl groups is 1. The van der Waals surface area contributed by atoms with Crippen molar-refractivity contribution in [3.8, 4) is 11.5 Å². The Morgan fingerprint density at radius 1 is 1.42 bits per heavy atom. The molecule has 1 aromatic rings. The minimum absolute atomic E-state index is 0.0496. The zero-order chi connectivity index (χ0) is 17.3. The number of piperidine rings is 1. The lowest BCUT2D eigenvalue weighted by Crippen LogP contribution is -2.56. The number of phenols is 1. The summed E-state index contributed by atoms with van der Waals surface area (Å²) in [7, 11) is 1.51. The fraction of sp³-hybridized carbons (Fsp3) is 0.611. The lowest BCUT2D eigenvalue weighted by atomic mass is 9.66. The van der Waals surface area contributed by atoms with Crippen LogP contribution in [0, 0.1) is 5.92 Å². The van der Waals surface area contributed by atoms with Gasteiger partial charge in [0, 0.05) is 18.5 Å². The van der Waals surface area contributed by atoms with Gasteiger partial charge in [0.25, 0.3) is 0 Å². The fourth-order valence-corrected chi connectivity index (χ4v) is 4.44. The summed E-state index contributed by atoms with van der Waals surface area (Å²) in [5.74, 6) is 0.162. The van der Waals surface area contributed by atoms with E-state index in [0.717, 1.165) is 31.2 Å². The molecule has 0 aromatic heterocycles. The maximum atomic E-state index is 11.5. The van der Waals surface area contributed by atoms with E-state index in [9.17, 15) is 15.0 Å². The quantitative estimate of drug-likeness (QED) is 0.776. The van der Waals surface area contributed by atoms with Gasteiger partial charge in [-0.25, -0.2) is 0 Å². The average Bonchev–Trinajstić information content (AvgIpc) is 2.55. The number of carbonyl (C=O) groups is 1. The summed E-state index contributed by atoms with van der Waals surface area (Å²) in [6.45, 7) is 0.796. The summed E-state index contributed by atoms with van der Waals surface area (Å²) in [6.07, 6.45) is 4.49. The first-order chi connectivity index (χ1) is 11.4. The van der Waals surface area contributed by atoms with Crippen molar-refractivity contribution in [1.29, 1.82) is 0 Å². The van der Waals surface area contributed by atoms with E-state index in [1.54, 1.807) is 12.1 Å². The molecule has 132 valence electrons. The number of methoxy groups -OCH3 is 1. The van der Waals surface area contributed by atoms with Gasteiger partial charge in [0.1, 0.15) is 0 Å². The number of primary amides is 1. The number of likely N-dealkylation sites (tertiary alicyclic amines) is 1. The third kappa shape index (κ3) is 3.08. The summed E-state index contributed by atoms with van der Waals surface area (Å²) in [6, 6.07) is 5.14. The van der Waals surface area contributed by atoms with Crippen LogP contribution in [0.25, 0.3) is 0 Å². The SMILES string of the molecule is COc1cc([C@H]2[C@@H]3CCCC[C@@]3(O)CCN2CC(N)=O)ccc1O. The second kappa shape index (κ2) is 6.61. The summed E-state index contributed by atoms with van der Waals surface area (Å²) in [5, 5.41) is 21.0. The molecule has 0 unspecified atom stereocenters. The van der Waals surface area contributed by atoms with Crippen LogP contribution in [0.4, 0.5) is 0 Å². The van der Waals surface area contributed by atoms with Gasteiger partial charge in [0.2, 0.25) is 5.91 Å². The molecular weight excluding hydrogens is 308 g/mol. The van der Waals surface area contributed by atoms with Crippen molar-refractivity contribution in [3.63, 3.8) is 0 Å². The smallest absolute Gasteiger partial charge is 0.231 e. The van der Waals surface area contributed by atoms with Crippen LogP contribution in [0.2, 0.25) is 0 Å². The highest BCUT2D eigenvalue weighted by Gasteiger charge is 2.49. The molecule has 0 spiro atoms. The maximum Gasteiger partial charge on any atom is 0.231 e. The molecule has 0 bridgehead atoms. The third-order valence-corrected chi connectivity index (χ3v) is 5.58. The molecule has 6 nitrogen and oxygen atoms in total. The maximum absolute atomic E-state index is 11.5. The molecule has 1 aromatic carbocycles. The molecule has 0 radical (unpaired) electrons. The zero-order valence-electron chi connectivity index (χ0n) is 14.1. The van der Waals surface area contributed by atoms with Crippen LogP contribution in [0.5, 0.6) is 11.5 Å². The predicted molar refractivity (Wildman–Crippen MR) is 89.7 cm³/mol. The Balaban J connectivity index is 2.00. The minimum atomic E-state index is -0.692. The van der Waals surface area contributed by atoms with E-state index in [0.29, 0.717) is 18.7 Å². The Morgan fingerprint density at radius 2 is 2.21 bits per heavy atom. The average molecular weight is 334 g/mol. The highest BCUT2D eigenvalue weighted by molar-refractivity contribution is 5.76. The van der Waals surface area contributed by atoms with Crippen molar-refractivity contribution in [1.82, 2.24) is 4.90 Å². The normalized spacial score (nSPS) is 30.6. The molecule has 2 fully saturated rings. The molecule has 2 aliphatic rings. The van der Waals surface area contributed by atoms with Gasteiger partial charge < -0.3 is 20.7 Å². The molecule has 1 aliphatic heterocycles. The Kier molecular flexibility index (Phi) is 4.69. The molecule has 3 rings (SSSR count). The number of hydrogen-bond acceptors (Lipinski definition) is 5. The highest BCUT2D eigenvalue weighted by atomic mass is 16.5. The standard InChI is InChI=1S/C18H26N2O4/c1-24-15-10-12(5-6-14(15)21)17-13-4-2-3-7-18(13,23)8-9-20(17)11-16(19)22/h5-6,10,13,17,21,23H,2-4,7-9,11H2,1H3,(H2,19,22)/t13-,17-,18+/m0/s1. The van der Waals surface area contributed by atoms with Gasteiger partial charge in [-0.05, 0) is 37.0 Å². The molecule has 1 saturated heterocycles. The molecule has 24 heavy (non-hydrogen) atoms. The minimum Gasteiger partial charge on any atom is -0.504 e. The number of aromatic hydroxyl groups is 1. The van der Waals surface area contributed by atoms with Crippen molar-refractivity contribution in [3.05, 3.63) is 23.8 Å². The number of amides is 1. The largest absolute Gasteiger partial charge is 0.504 e. The summed E-state index contributed by atoms with van der Waals surface area (Å²) in [5.41, 5.74) is 5.69. The van der Waals surface area contributed by atoms with Gasteiger partial charge in [-0.1, -0.05) is 18.9 Å². The molecule has 1 amide bonds. The number of fused-ring (bicyclic) bond motifs is 1. The van der Waals surface area contributed by atoms with E-state index in [1.165, 1.54) is 7.11 Å². The number of benzene rings is 1. The van der Waals surface area contributed by atoms with Crippen LogP contribution in [-0.2, 0) is 4.79 Å². The highest BCUT2D eigenvalue weighted by Crippen LogP contribution is 2.49. The zero-order valence-corrected chi connectivity index (χ0v) is 14.1. The van der Waals surface area contributed by atoms with Crippen LogP contribution >= 0.6 is 0 Å². The van der Waals surface area contributed by atoms with E-state index in [-0.39, 0.29) is 30.2 Å². The van der Waals surface area contributed by atoms with Crippen molar-refractivity contribution in [2.24, 2.45) is 11.7 Å². The van der Waals surface area contributed by atoms with Gasteiger partial charge in [0.05, 0.1) is 19.3 Å². The molecule has 6 heteroatoms. The molecule has 4 N–H and O–H groups in total. The molecular formula is C18H26N2O4. The Bertz CT molecular complexity index is 621. The number of ether oxygens (including phenoxy) is 1. The first-order valence-electron chi connectivity index (χ1n) is 8.56. The van der Waals surface area contributed by atoms with Crippen molar-refractivity contribution in [2.75, 3.05) is 20.2 Å². The second-order valence-electron chi connectivity index (χ2n) is 7.02. The summed E-state index contributed by atoms with van der Waals surface area (Å²) < 4.78 is 5.23. The third-order valence-electron chi connectivity index (χ3n) is 5.58. The Hall–Kier alpha value is -1.79. The van der Waals surface area contributed by atoms with E-state index >= 15 is 0 Å². The first kappa shape index (κ1) is 17.0. The van der Waals surface area contributed by atoms with Gasteiger partial charge in [-0.3, -0.25) is 9.69 Å². The number of nitrogens with two attached hydrogens (primary N) is 1. The van der Waals surface area contributed by atoms with Gasteiger partial charge in [-0.15, -0.1) is 0 Å². The lowest BCUT2D eigenvalue weighted by molar-refractivity contribution is -0.136. The Labute approximate surface area is 142 Å². The first-order valence-corrected chi connectivity index (χ1v) is 8.56. The van der Waals surface area contributed by atoms with Crippen molar-refractivity contribution < 1.29 is 19.7 Å². The van der Waals surface area contributed by atoms with E-state index in [4.69, 9.17) is 10.5 Å². The summed E-state index contributed by atoms with van der Waals surface area (Å²) >= 11 is 0. The van der Waals surface area contributed by atoms with Crippen LogP contribution < -0.4 is 10.5 Å². The second-order valence-corrected chi connectivity index (χ2v) is 7.02. The van der Waals surface area contributed by atoms with Gasteiger partial charge in [-0.2, -0.15) is 0 Å². The van der Waals surface area contributed by atoms with Crippen LogP contribution in [0.3, 0.4) is 0 Å². The van der Waals surface area contributed by atoms with E-state index < -0.39 is 5.60 Å². The van der Waals surface area contributed by atoms with Crippen LogP contribution in [0.1, 0.15) is 43.7 Å². The van der Waals surface area contributed by atoms with Crippen molar-refractivity contribution in [2.45, 2.75) is 43.7 Å². The lowest BCUT2D eigenvalue weighted by Gasteiger charge is -2.52. The number of rotatable bonds is 4. The summed E-state index contributed by atoms with van der Waals surface area (Å²) in [4.78, 5) is 13.6. The number of hydrogen-bond donors (Lipinski definition) is 3. The number of carbonyl (C=O) groups excluding carboxylic acids is 1. The predicted octanol–water partition coefficient (Wildman–Crippen LogP) is 1.55. The van der Waals surface area contributed by atoms with Crippen LogP contribution in [-0.4, -0.2) is 46.8 Å². The topological polar surface area (TPSA) is 96.0 Å². The van der Waals surface area contributed by atoms with E-state index in [2.05, 4.69) is 4.90 Å². The Morgan fingerprint density at radius 3 is 2.92 bits per heavy atom. The number of nitrogens with zero attached hydrogens (tertiary/aromatic N) is 1. The molecule has 3 atom stereocenters. The van der Waals surface area contributed by atoms with Crippen LogP contribution in [0.15, 0.2) is 18.2 Å². The van der Waals surface area contributed by atoms with Gasteiger partial charge >= 0.3 is 0 Å². The molecule has 1 aliphatic carbocycles. The fourth-order valence-electron chi connectivity index (χ4n) is 4.44. The van der Waals surface area contributed by atoms with Gasteiger partial charge in [0.15, 0.2) is 11.5 Å². The van der Waals surface area contributed by atoms with E-state index in [1.807, 2.05) is 6.07 Å². The van der Waals surface area contributed by atoms with Crippen molar-refractivity contribution >= 4 is 5.91 Å². The number of phenolic OH excluding ortho intramolecular Hbond substituents is 1. The molecule has 1 saturated carbocycles. The molecule has 1 heterocycles.